The molecule has 2 aromatic heterocycles. The molecule has 0 aliphatic carbocycles. The van der Waals surface area contributed by atoms with Gasteiger partial charge in [0.05, 0.1) is 18.1 Å². The van der Waals surface area contributed by atoms with Crippen LogP contribution in [0.3, 0.4) is 0 Å². The highest BCUT2D eigenvalue weighted by Crippen LogP contribution is 2.26. The van der Waals surface area contributed by atoms with Gasteiger partial charge in [0.1, 0.15) is 0 Å². The first-order chi connectivity index (χ1) is 9.19. The molecule has 3 heterocycles. The Morgan fingerprint density at radius 2 is 2.32 bits per heavy atom. The molecule has 0 aromatic carbocycles. The van der Waals surface area contributed by atoms with Crippen LogP contribution in [0.2, 0.25) is 0 Å². The predicted molar refractivity (Wildman–Crippen MR) is 75.7 cm³/mol. The Hall–Kier alpha value is -1.34. The Labute approximate surface area is 116 Å². The zero-order chi connectivity index (χ0) is 13.4. The van der Waals surface area contributed by atoms with Crippen LogP contribution in [0.1, 0.15) is 6.92 Å². The molecule has 0 saturated carbocycles. The molecular formula is C12H17N5OS. The zero-order valence-electron chi connectivity index (χ0n) is 11.3. The van der Waals surface area contributed by atoms with Gasteiger partial charge in [-0.05, 0) is 13.2 Å². The second-order valence-corrected chi connectivity index (χ2v) is 5.44. The van der Waals surface area contributed by atoms with Crippen LogP contribution in [-0.4, -0.2) is 51.8 Å². The number of nitrogens with zero attached hydrogens (tertiary/aromatic N) is 5. The molecule has 102 valence electrons. The summed E-state index contributed by atoms with van der Waals surface area (Å²) in [6.45, 7) is 4.54. The minimum absolute atomic E-state index is 0.234. The van der Waals surface area contributed by atoms with Gasteiger partial charge < -0.3 is 9.64 Å². The monoisotopic (exact) mass is 279 g/mol. The number of ether oxygens (including phenoxy) is 1. The van der Waals surface area contributed by atoms with Crippen LogP contribution in [0, 0.1) is 0 Å². The number of thioether (sulfide) groups is 1. The fraction of sp³-hybridized carbons (Fsp3) is 0.583. The number of hydrogen-bond donors (Lipinski definition) is 0. The molecule has 1 unspecified atom stereocenters. The number of fused-ring (bicyclic) bond motifs is 1. The summed E-state index contributed by atoms with van der Waals surface area (Å²) in [4.78, 5) is 11.1. The van der Waals surface area contributed by atoms with Crippen molar-refractivity contribution in [1.82, 2.24) is 19.7 Å². The fourth-order valence-electron chi connectivity index (χ4n) is 2.35. The van der Waals surface area contributed by atoms with E-state index in [9.17, 15) is 0 Å². The molecule has 19 heavy (non-hydrogen) atoms. The van der Waals surface area contributed by atoms with Crippen LogP contribution in [0.25, 0.3) is 11.0 Å². The number of aromatic nitrogens is 4. The Kier molecular flexibility index (Phi) is 3.32. The molecule has 1 aliphatic heterocycles. The van der Waals surface area contributed by atoms with Crippen LogP contribution in [-0.2, 0) is 11.8 Å². The summed E-state index contributed by atoms with van der Waals surface area (Å²) < 4.78 is 7.40. The third-order valence-electron chi connectivity index (χ3n) is 3.26. The molecule has 1 atom stereocenters. The number of aryl methyl sites for hydroxylation is 1. The van der Waals surface area contributed by atoms with E-state index in [0.717, 1.165) is 41.7 Å². The Morgan fingerprint density at radius 1 is 1.47 bits per heavy atom. The highest BCUT2D eigenvalue weighted by Gasteiger charge is 2.22. The van der Waals surface area contributed by atoms with E-state index in [1.165, 1.54) is 0 Å². The topological polar surface area (TPSA) is 56.1 Å². The summed E-state index contributed by atoms with van der Waals surface area (Å²) in [6, 6.07) is 0. The van der Waals surface area contributed by atoms with Crippen molar-refractivity contribution < 1.29 is 4.74 Å². The molecule has 0 spiro atoms. The van der Waals surface area contributed by atoms with Gasteiger partial charge in [0, 0.05) is 26.3 Å². The summed E-state index contributed by atoms with van der Waals surface area (Å²) in [6.07, 6.45) is 4.08. The maximum absolute atomic E-state index is 5.57. The van der Waals surface area contributed by atoms with Crippen molar-refractivity contribution in [2.24, 2.45) is 7.05 Å². The van der Waals surface area contributed by atoms with Gasteiger partial charge in [0.25, 0.3) is 0 Å². The average Bonchev–Trinajstić information content (AvgIpc) is 2.76. The Morgan fingerprint density at radius 3 is 3.05 bits per heavy atom. The van der Waals surface area contributed by atoms with Crippen molar-refractivity contribution in [2.45, 2.75) is 18.2 Å². The Balaban J connectivity index is 2.04. The SMILES string of the molecule is CSc1ncc2c(N3CCOC(C)C3)nn(C)c2n1. The van der Waals surface area contributed by atoms with Crippen LogP contribution in [0.5, 0.6) is 0 Å². The lowest BCUT2D eigenvalue weighted by atomic mass is 10.3. The van der Waals surface area contributed by atoms with Crippen molar-refractivity contribution in [3.05, 3.63) is 6.20 Å². The molecule has 2 aromatic rings. The number of hydrogen-bond acceptors (Lipinski definition) is 6. The van der Waals surface area contributed by atoms with Crippen LogP contribution >= 0.6 is 11.8 Å². The van der Waals surface area contributed by atoms with Gasteiger partial charge in [-0.25, -0.2) is 14.6 Å². The molecule has 1 fully saturated rings. The van der Waals surface area contributed by atoms with Gasteiger partial charge in [-0.15, -0.1) is 0 Å². The van der Waals surface area contributed by atoms with Gasteiger partial charge in [-0.1, -0.05) is 11.8 Å². The largest absolute Gasteiger partial charge is 0.375 e. The van der Waals surface area contributed by atoms with E-state index in [1.54, 1.807) is 11.8 Å². The van der Waals surface area contributed by atoms with Gasteiger partial charge in [-0.2, -0.15) is 5.10 Å². The molecule has 0 amide bonds. The molecule has 1 aliphatic rings. The molecule has 7 heteroatoms. The van der Waals surface area contributed by atoms with Crippen molar-refractivity contribution in [2.75, 3.05) is 30.9 Å². The van der Waals surface area contributed by atoms with E-state index < -0.39 is 0 Å². The first kappa shape index (κ1) is 12.7. The van der Waals surface area contributed by atoms with Crippen LogP contribution in [0.4, 0.5) is 5.82 Å². The Bertz CT molecular complexity index is 599. The van der Waals surface area contributed by atoms with Gasteiger partial charge >= 0.3 is 0 Å². The maximum Gasteiger partial charge on any atom is 0.189 e. The predicted octanol–water partition coefficient (Wildman–Crippen LogP) is 1.31. The summed E-state index contributed by atoms with van der Waals surface area (Å²) in [5.41, 5.74) is 0.883. The van der Waals surface area contributed by atoms with E-state index >= 15 is 0 Å². The number of rotatable bonds is 2. The quantitative estimate of drug-likeness (QED) is 0.610. The summed E-state index contributed by atoms with van der Waals surface area (Å²) in [5, 5.41) is 6.38. The summed E-state index contributed by atoms with van der Waals surface area (Å²) >= 11 is 1.54. The number of anilines is 1. The molecule has 3 rings (SSSR count). The summed E-state index contributed by atoms with van der Waals surface area (Å²) in [7, 11) is 1.92. The standard InChI is InChI=1S/C12H17N5OS/c1-8-7-17(4-5-18-8)11-9-6-13-12(19-3)14-10(9)16(2)15-11/h6,8H,4-5,7H2,1-3H3. The fourth-order valence-corrected chi connectivity index (χ4v) is 2.68. The van der Waals surface area contributed by atoms with Crippen LogP contribution in [0.15, 0.2) is 11.4 Å². The normalized spacial score (nSPS) is 20.2. The van der Waals surface area contributed by atoms with E-state index in [1.807, 2.05) is 24.2 Å². The molecule has 0 N–H and O–H groups in total. The highest BCUT2D eigenvalue weighted by molar-refractivity contribution is 7.98. The zero-order valence-corrected chi connectivity index (χ0v) is 12.1. The maximum atomic E-state index is 5.57. The number of morpholine rings is 1. The highest BCUT2D eigenvalue weighted by atomic mass is 32.2. The second-order valence-electron chi connectivity index (χ2n) is 4.67. The molecule has 6 nitrogen and oxygen atoms in total. The van der Waals surface area contributed by atoms with Crippen molar-refractivity contribution in [1.29, 1.82) is 0 Å². The van der Waals surface area contributed by atoms with E-state index in [-0.39, 0.29) is 6.10 Å². The van der Waals surface area contributed by atoms with Crippen molar-refractivity contribution >= 4 is 28.6 Å². The van der Waals surface area contributed by atoms with E-state index in [4.69, 9.17) is 4.74 Å². The van der Waals surface area contributed by atoms with E-state index in [0.29, 0.717) is 0 Å². The minimum Gasteiger partial charge on any atom is -0.375 e. The smallest absolute Gasteiger partial charge is 0.189 e. The lowest BCUT2D eigenvalue weighted by Gasteiger charge is -2.31. The van der Waals surface area contributed by atoms with Crippen LogP contribution < -0.4 is 4.90 Å². The minimum atomic E-state index is 0.234. The van der Waals surface area contributed by atoms with Gasteiger partial charge in [0.2, 0.25) is 0 Å². The third kappa shape index (κ3) is 2.28. The lowest BCUT2D eigenvalue weighted by Crippen LogP contribution is -2.41. The van der Waals surface area contributed by atoms with E-state index in [2.05, 4.69) is 26.9 Å². The lowest BCUT2D eigenvalue weighted by molar-refractivity contribution is 0.0530. The first-order valence-corrected chi connectivity index (χ1v) is 7.52. The molecule has 0 bridgehead atoms. The summed E-state index contributed by atoms with van der Waals surface area (Å²) in [5.74, 6) is 0.959. The second kappa shape index (κ2) is 4.97. The van der Waals surface area contributed by atoms with Crippen molar-refractivity contribution in [3.8, 4) is 0 Å². The molecule has 0 radical (unpaired) electrons. The average molecular weight is 279 g/mol. The van der Waals surface area contributed by atoms with Gasteiger partial charge in [0.15, 0.2) is 16.6 Å². The van der Waals surface area contributed by atoms with Crippen molar-refractivity contribution in [3.63, 3.8) is 0 Å². The molecular weight excluding hydrogens is 262 g/mol. The molecule has 1 saturated heterocycles. The third-order valence-corrected chi connectivity index (χ3v) is 3.82. The van der Waals surface area contributed by atoms with Gasteiger partial charge in [-0.3, -0.25) is 0 Å². The first-order valence-electron chi connectivity index (χ1n) is 6.29.